The zero-order valence-corrected chi connectivity index (χ0v) is 7.05. The van der Waals surface area contributed by atoms with E-state index in [2.05, 4.69) is 10.6 Å². The highest BCUT2D eigenvalue weighted by Gasteiger charge is 2.09. The van der Waals surface area contributed by atoms with Gasteiger partial charge in [-0.1, -0.05) is 6.92 Å². The Kier molecular flexibility index (Phi) is 5.78. The van der Waals surface area contributed by atoms with Gasteiger partial charge in [-0.05, 0) is 7.05 Å². The van der Waals surface area contributed by atoms with Crippen LogP contribution in [0.1, 0.15) is 6.92 Å². The fraction of sp³-hybridized carbons (Fsp3) is 0.857. The van der Waals surface area contributed by atoms with Gasteiger partial charge in [0.05, 0.1) is 6.61 Å². The highest BCUT2D eigenvalue weighted by molar-refractivity contribution is 5.78. The molecule has 0 fully saturated rings. The highest BCUT2D eigenvalue weighted by Crippen LogP contribution is 1.90. The van der Waals surface area contributed by atoms with Crippen LogP contribution in [-0.4, -0.2) is 37.8 Å². The van der Waals surface area contributed by atoms with Crippen molar-refractivity contribution in [3.8, 4) is 0 Å². The molecule has 0 bridgehead atoms. The molecule has 0 heterocycles. The zero-order chi connectivity index (χ0) is 8.69. The van der Waals surface area contributed by atoms with E-state index in [0.717, 1.165) is 0 Å². The Hall–Kier alpha value is -0.610. The molecule has 11 heavy (non-hydrogen) atoms. The van der Waals surface area contributed by atoms with E-state index in [0.29, 0.717) is 13.1 Å². The Bertz CT molecular complexity index is 117. The monoisotopic (exact) mass is 160 g/mol. The van der Waals surface area contributed by atoms with Gasteiger partial charge in [-0.25, -0.2) is 0 Å². The summed E-state index contributed by atoms with van der Waals surface area (Å²) in [5.74, 6) is -0.0556. The van der Waals surface area contributed by atoms with E-state index in [1.165, 1.54) is 0 Å². The van der Waals surface area contributed by atoms with Crippen molar-refractivity contribution in [2.24, 2.45) is 5.92 Å². The van der Waals surface area contributed by atoms with Crippen molar-refractivity contribution in [3.63, 3.8) is 0 Å². The molecule has 0 aliphatic rings. The van der Waals surface area contributed by atoms with Crippen LogP contribution in [-0.2, 0) is 4.79 Å². The van der Waals surface area contributed by atoms with E-state index in [1.54, 1.807) is 7.05 Å². The van der Waals surface area contributed by atoms with Gasteiger partial charge in [-0.2, -0.15) is 0 Å². The number of aliphatic hydroxyl groups is 1. The minimum Gasteiger partial charge on any atom is -0.395 e. The van der Waals surface area contributed by atoms with Crippen molar-refractivity contribution < 1.29 is 9.90 Å². The van der Waals surface area contributed by atoms with Crippen LogP contribution in [0.5, 0.6) is 0 Å². The van der Waals surface area contributed by atoms with Crippen molar-refractivity contribution in [3.05, 3.63) is 0 Å². The molecule has 0 aliphatic carbocycles. The number of carbonyl (C=O) groups is 1. The van der Waals surface area contributed by atoms with Crippen LogP contribution in [0.2, 0.25) is 0 Å². The molecule has 0 saturated heterocycles. The summed E-state index contributed by atoms with van der Waals surface area (Å²) >= 11 is 0. The van der Waals surface area contributed by atoms with Crippen molar-refractivity contribution in [2.75, 3.05) is 26.7 Å². The number of carbonyl (C=O) groups excluding carboxylic acids is 1. The second-order valence-electron chi connectivity index (χ2n) is 2.47. The number of hydrogen-bond donors (Lipinski definition) is 3. The molecule has 66 valence electrons. The van der Waals surface area contributed by atoms with E-state index in [1.807, 2.05) is 6.92 Å². The standard InChI is InChI=1S/C7H16N2O2/c1-6(5-8-2)7(11)9-3-4-10/h6,8,10H,3-5H2,1-2H3,(H,9,11). The summed E-state index contributed by atoms with van der Waals surface area (Å²) in [5, 5.41) is 13.9. The summed E-state index contributed by atoms with van der Waals surface area (Å²) in [6, 6.07) is 0. The van der Waals surface area contributed by atoms with Gasteiger partial charge in [0, 0.05) is 19.0 Å². The fourth-order valence-electron chi connectivity index (χ4n) is 0.752. The van der Waals surface area contributed by atoms with Gasteiger partial charge >= 0.3 is 0 Å². The Labute approximate surface area is 67.0 Å². The van der Waals surface area contributed by atoms with Crippen molar-refractivity contribution in [1.29, 1.82) is 0 Å². The number of aliphatic hydroxyl groups excluding tert-OH is 1. The van der Waals surface area contributed by atoms with Crippen molar-refractivity contribution in [2.45, 2.75) is 6.92 Å². The summed E-state index contributed by atoms with van der Waals surface area (Å²) in [7, 11) is 1.80. The molecule has 0 rings (SSSR count). The molecule has 1 atom stereocenters. The second-order valence-corrected chi connectivity index (χ2v) is 2.47. The van der Waals surface area contributed by atoms with Crippen LogP contribution in [0.25, 0.3) is 0 Å². The molecule has 0 aliphatic heterocycles. The highest BCUT2D eigenvalue weighted by atomic mass is 16.3. The van der Waals surface area contributed by atoms with Gasteiger partial charge in [0.1, 0.15) is 0 Å². The predicted molar refractivity (Wildman–Crippen MR) is 43.2 cm³/mol. The van der Waals surface area contributed by atoms with Gasteiger partial charge in [-0.3, -0.25) is 4.79 Å². The van der Waals surface area contributed by atoms with E-state index in [4.69, 9.17) is 5.11 Å². The molecule has 0 saturated carbocycles. The average Bonchev–Trinajstić information content (AvgIpc) is 2.00. The molecule has 0 radical (unpaired) electrons. The first-order chi connectivity index (χ1) is 5.22. The smallest absolute Gasteiger partial charge is 0.224 e. The molecular weight excluding hydrogens is 144 g/mol. The Morgan fingerprint density at radius 2 is 2.27 bits per heavy atom. The summed E-state index contributed by atoms with van der Waals surface area (Å²) in [5.41, 5.74) is 0. The molecular formula is C7H16N2O2. The van der Waals surface area contributed by atoms with Gasteiger partial charge in [0.25, 0.3) is 0 Å². The molecule has 4 nitrogen and oxygen atoms in total. The molecule has 1 amide bonds. The first kappa shape index (κ1) is 10.4. The first-order valence-corrected chi connectivity index (χ1v) is 3.75. The Morgan fingerprint density at radius 3 is 2.73 bits per heavy atom. The molecule has 0 aromatic rings. The first-order valence-electron chi connectivity index (χ1n) is 3.75. The molecule has 4 heteroatoms. The van der Waals surface area contributed by atoms with E-state index in [-0.39, 0.29) is 18.4 Å². The molecule has 1 unspecified atom stereocenters. The average molecular weight is 160 g/mol. The third-order valence-corrected chi connectivity index (χ3v) is 1.37. The Morgan fingerprint density at radius 1 is 1.64 bits per heavy atom. The maximum Gasteiger partial charge on any atom is 0.224 e. The maximum atomic E-state index is 11.0. The van der Waals surface area contributed by atoms with E-state index in [9.17, 15) is 4.79 Å². The minimum absolute atomic E-state index is 0.00197. The summed E-state index contributed by atoms with van der Waals surface area (Å²) in [6.07, 6.45) is 0. The zero-order valence-electron chi connectivity index (χ0n) is 7.05. The SMILES string of the molecule is CNCC(C)C(=O)NCCO. The third-order valence-electron chi connectivity index (χ3n) is 1.37. The van der Waals surface area contributed by atoms with Gasteiger partial charge in [0.2, 0.25) is 5.91 Å². The van der Waals surface area contributed by atoms with Gasteiger partial charge in [-0.15, -0.1) is 0 Å². The topological polar surface area (TPSA) is 61.4 Å². The van der Waals surface area contributed by atoms with Crippen molar-refractivity contribution >= 4 is 5.91 Å². The lowest BCUT2D eigenvalue weighted by Gasteiger charge is -2.09. The van der Waals surface area contributed by atoms with Crippen LogP contribution < -0.4 is 10.6 Å². The van der Waals surface area contributed by atoms with Crippen LogP contribution in [0, 0.1) is 5.92 Å². The van der Waals surface area contributed by atoms with Crippen LogP contribution >= 0.6 is 0 Å². The van der Waals surface area contributed by atoms with Crippen molar-refractivity contribution in [1.82, 2.24) is 10.6 Å². The number of hydrogen-bond acceptors (Lipinski definition) is 3. The predicted octanol–water partition coefficient (Wildman–Crippen LogP) is -1.05. The number of nitrogens with one attached hydrogen (secondary N) is 2. The maximum absolute atomic E-state index is 11.0. The normalized spacial score (nSPS) is 12.6. The minimum atomic E-state index is -0.0356. The molecule has 0 aromatic carbocycles. The summed E-state index contributed by atoms with van der Waals surface area (Å²) in [6.45, 7) is 2.84. The molecule has 3 N–H and O–H groups in total. The van der Waals surface area contributed by atoms with E-state index < -0.39 is 0 Å². The van der Waals surface area contributed by atoms with Crippen LogP contribution in [0.3, 0.4) is 0 Å². The summed E-state index contributed by atoms with van der Waals surface area (Å²) in [4.78, 5) is 11.0. The number of rotatable bonds is 5. The van der Waals surface area contributed by atoms with Gasteiger partial charge < -0.3 is 15.7 Å². The number of amides is 1. The third kappa shape index (κ3) is 4.75. The molecule has 0 aromatic heterocycles. The van der Waals surface area contributed by atoms with E-state index >= 15 is 0 Å². The quantitative estimate of drug-likeness (QED) is 0.481. The van der Waals surface area contributed by atoms with Crippen LogP contribution in [0.4, 0.5) is 0 Å². The molecule has 0 spiro atoms. The van der Waals surface area contributed by atoms with Gasteiger partial charge in [0.15, 0.2) is 0 Å². The largest absolute Gasteiger partial charge is 0.395 e. The lowest BCUT2D eigenvalue weighted by molar-refractivity contribution is -0.124. The lowest BCUT2D eigenvalue weighted by Crippen LogP contribution is -2.35. The second kappa shape index (κ2) is 6.12. The summed E-state index contributed by atoms with van der Waals surface area (Å²) < 4.78 is 0. The Balaban J connectivity index is 3.47. The fourth-order valence-corrected chi connectivity index (χ4v) is 0.752. The van der Waals surface area contributed by atoms with Crippen LogP contribution in [0.15, 0.2) is 0 Å². The lowest BCUT2D eigenvalue weighted by atomic mass is 10.1.